The van der Waals surface area contributed by atoms with E-state index in [2.05, 4.69) is 5.32 Å². The van der Waals surface area contributed by atoms with Gasteiger partial charge in [-0.2, -0.15) is 0 Å². The molecule has 0 saturated carbocycles. The molecule has 1 atom stereocenters. The molecule has 4 amide bonds. The van der Waals surface area contributed by atoms with E-state index in [1.54, 1.807) is 19.1 Å². The van der Waals surface area contributed by atoms with E-state index < -0.39 is 12.3 Å². The standard InChI is InChI=1S/C21H29N3O7/c1-28-16-9-13-8-15-20(26)23(7-5-6-18(25)22-11-19(30-3)31-4)21(27)24(15)12-14(13)10-17(16)29-2/h9-10,15,19H,5-8,11-12H2,1-4H3,(H,22,25)/t15-/m1/s1. The number of carbonyl (C=O) groups is 3. The number of fused-ring (bicyclic) bond motifs is 2. The van der Waals surface area contributed by atoms with Crippen molar-refractivity contribution in [3.05, 3.63) is 23.3 Å². The molecule has 2 heterocycles. The minimum Gasteiger partial charge on any atom is -0.493 e. The van der Waals surface area contributed by atoms with Gasteiger partial charge in [0.2, 0.25) is 5.91 Å². The summed E-state index contributed by atoms with van der Waals surface area (Å²) in [6, 6.07) is 2.86. The Morgan fingerprint density at radius 1 is 1.10 bits per heavy atom. The van der Waals surface area contributed by atoms with Crippen molar-refractivity contribution in [2.24, 2.45) is 0 Å². The molecule has 1 aromatic rings. The fourth-order valence-electron chi connectivity index (χ4n) is 3.92. The van der Waals surface area contributed by atoms with Gasteiger partial charge >= 0.3 is 6.03 Å². The molecule has 1 saturated heterocycles. The van der Waals surface area contributed by atoms with Crippen LogP contribution in [0.4, 0.5) is 4.79 Å². The van der Waals surface area contributed by atoms with Gasteiger partial charge in [0.25, 0.3) is 5.91 Å². The number of rotatable bonds is 10. The maximum Gasteiger partial charge on any atom is 0.327 e. The predicted octanol–water partition coefficient (Wildman–Crippen LogP) is 0.908. The Morgan fingerprint density at radius 2 is 1.74 bits per heavy atom. The van der Waals surface area contributed by atoms with Crippen LogP contribution in [-0.2, 0) is 32.0 Å². The fourth-order valence-corrected chi connectivity index (χ4v) is 3.92. The molecule has 0 unspecified atom stereocenters. The lowest BCUT2D eigenvalue weighted by Gasteiger charge is -2.29. The van der Waals surface area contributed by atoms with Crippen LogP contribution in [0.15, 0.2) is 12.1 Å². The van der Waals surface area contributed by atoms with Gasteiger partial charge in [-0.15, -0.1) is 0 Å². The molecule has 0 radical (unpaired) electrons. The lowest BCUT2D eigenvalue weighted by molar-refractivity contribution is -0.130. The van der Waals surface area contributed by atoms with E-state index in [9.17, 15) is 14.4 Å². The summed E-state index contributed by atoms with van der Waals surface area (Å²) in [5.41, 5.74) is 1.90. The zero-order valence-electron chi connectivity index (χ0n) is 18.3. The summed E-state index contributed by atoms with van der Waals surface area (Å²) < 4.78 is 20.7. The molecule has 1 aromatic carbocycles. The average Bonchev–Trinajstić information content (AvgIpc) is 3.01. The number of carbonyl (C=O) groups excluding carboxylic acids is 3. The van der Waals surface area contributed by atoms with E-state index >= 15 is 0 Å². The van der Waals surface area contributed by atoms with Crippen LogP contribution in [0.3, 0.4) is 0 Å². The van der Waals surface area contributed by atoms with E-state index in [1.165, 1.54) is 19.1 Å². The second-order valence-electron chi connectivity index (χ2n) is 7.40. The van der Waals surface area contributed by atoms with Gasteiger partial charge in [-0.3, -0.25) is 14.5 Å². The van der Waals surface area contributed by atoms with Gasteiger partial charge in [-0.1, -0.05) is 0 Å². The van der Waals surface area contributed by atoms with Gasteiger partial charge in [0.1, 0.15) is 6.04 Å². The molecule has 0 aromatic heterocycles. The molecule has 0 bridgehead atoms. The van der Waals surface area contributed by atoms with Crippen LogP contribution >= 0.6 is 0 Å². The summed E-state index contributed by atoms with van der Waals surface area (Å²) in [6.45, 7) is 0.755. The summed E-state index contributed by atoms with van der Waals surface area (Å²) in [5, 5.41) is 2.70. The molecule has 1 N–H and O–H groups in total. The number of hydrogen-bond acceptors (Lipinski definition) is 7. The quantitative estimate of drug-likeness (QED) is 0.430. The summed E-state index contributed by atoms with van der Waals surface area (Å²) >= 11 is 0. The van der Waals surface area contributed by atoms with Crippen LogP contribution in [0.25, 0.3) is 0 Å². The Balaban J connectivity index is 1.58. The number of nitrogens with zero attached hydrogens (tertiary/aromatic N) is 2. The van der Waals surface area contributed by atoms with E-state index in [0.717, 1.165) is 11.1 Å². The minimum absolute atomic E-state index is 0.191. The number of urea groups is 1. The van der Waals surface area contributed by atoms with E-state index in [0.29, 0.717) is 30.9 Å². The Kier molecular flexibility index (Phi) is 7.34. The highest BCUT2D eigenvalue weighted by atomic mass is 16.7. The molecule has 0 aliphatic carbocycles. The third-order valence-corrected chi connectivity index (χ3v) is 5.64. The largest absolute Gasteiger partial charge is 0.493 e. The number of benzene rings is 1. The second-order valence-corrected chi connectivity index (χ2v) is 7.40. The summed E-state index contributed by atoms with van der Waals surface area (Å²) in [4.78, 5) is 40.5. The third kappa shape index (κ3) is 4.75. The minimum atomic E-state index is -0.531. The molecule has 31 heavy (non-hydrogen) atoms. The second kappa shape index (κ2) is 9.97. The molecular weight excluding hydrogens is 406 g/mol. The van der Waals surface area contributed by atoms with Crippen molar-refractivity contribution in [2.45, 2.75) is 38.1 Å². The number of amides is 4. The van der Waals surface area contributed by atoms with Crippen molar-refractivity contribution in [1.29, 1.82) is 0 Å². The van der Waals surface area contributed by atoms with Crippen LogP contribution in [0.5, 0.6) is 11.5 Å². The highest BCUT2D eigenvalue weighted by Gasteiger charge is 2.47. The van der Waals surface area contributed by atoms with Crippen molar-refractivity contribution in [2.75, 3.05) is 41.5 Å². The van der Waals surface area contributed by atoms with Crippen LogP contribution in [-0.4, -0.2) is 81.5 Å². The van der Waals surface area contributed by atoms with E-state index in [-0.39, 0.29) is 37.4 Å². The topological polar surface area (TPSA) is 107 Å². The first kappa shape index (κ1) is 22.8. The van der Waals surface area contributed by atoms with Gasteiger partial charge in [-0.25, -0.2) is 4.79 Å². The lowest BCUT2D eigenvalue weighted by atomic mass is 9.94. The molecular formula is C21H29N3O7. The first-order valence-electron chi connectivity index (χ1n) is 10.1. The fraction of sp³-hybridized carbons (Fsp3) is 0.571. The molecule has 10 nitrogen and oxygen atoms in total. The van der Waals surface area contributed by atoms with Crippen molar-refractivity contribution in [3.8, 4) is 11.5 Å². The number of methoxy groups -OCH3 is 4. The van der Waals surface area contributed by atoms with E-state index in [4.69, 9.17) is 18.9 Å². The maximum atomic E-state index is 12.9. The zero-order valence-corrected chi connectivity index (χ0v) is 18.3. The van der Waals surface area contributed by atoms with Gasteiger partial charge in [-0.05, 0) is 29.7 Å². The van der Waals surface area contributed by atoms with Crippen molar-refractivity contribution >= 4 is 17.8 Å². The molecule has 10 heteroatoms. The van der Waals surface area contributed by atoms with Crippen LogP contribution in [0, 0.1) is 0 Å². The molecule has 170 valence electrons. The van der Waals surface area contributed by atoms with Gasteiger partial charge < -0.3 is 29.2 Å². The Hall–Kier alpha value is -2.85. The number of imide groups is 1. The highest BCUT2D eigenvalue weighted by molar-refractivity contribution is 6.04. The van der Waals surface area contributed by atoms with Crippen molar-refractivity contribution in [3.63, 3.8) is 0 Å². The summed E-state index contributed by atoms with van der Waals surface area (Å²) in [7, 11) is 6.10. The Morgan fingerprint density at radius 3 is 2.35 bits per heavy atom. The molecule has 1 fully saturated rings. The molecule has 2 aliphatic heterocycles. The van der Waals surface area contributed by atoms with Crippen molar-refractivity contribution in [1.82, 2.24) is 15.1 Å². The number of ether oxygens (including phenoxy) is 4. The Labute approximate surface area is 181 Å². The van der Waals surface area contributed by atoms with Crippen LogP contribution < -0.4 is 14.8 Å². The molecule has 0 spiro atoms. The zero-order chi connectivity index (χ0) is 22.5. The SMILES string of the molecule is COc1cc2c(cc1OC)CN1C(=O)N(CCCC(=O)NCC(OC)OC)C(=O)[C@H]1C2. The van der Waals surface area contributed by atoms with Gasteiger partial charge in [0, 0.05) is 40.2 Å². The average molecular weight is 435 g/mol. The van der Waals surface area contributed by atoms with Gasteiger partial charge in [0.15, 0.2) is 17.8 Å². The highest BCUT2D eigenvalue weighted by Crippen LogP contribution is 2.37. The first-order valence-corrected chi connectivity index (χ1v) is 10.1. The normalized spacial score (nSPS) is 17.6. The lowest BCUT2D eigenvalue weighted by Crippen LogP contribution is -2.40. The summed E-state index contributed by atoms with van der Waals surface area (Å²) in [6.07, 6.45) is 0.479. The summed E-state index contributed by atoms with van der Waals surface area (Å²) in [5.74, 6) is 0.760. The predicted molar refractivity (Wildman–Crippen MR) is 110 cm³/mol. The van der Waals surface area contributed by atoms with E-state index in [1.807, 2.05) is 12.1 Å². The third-order valence-electron chi connectivity index (χ3n) is 5.64. The maximum absolute atomic E-state index is 12.9. The smallest absolute Gasteiger partial charge is 0.327 e. The number of nitrogens with one attached hydrogen (secondary N) is 1. The number of hydrogen-bond donors (Lipinski definition) is 1. The first-order chi connectivity index (χ1) is 14.9. The molecule has 3 rings (SSSR count). The van der Waals surface area contributed by atoms with Crippen LogP contribution in [0.1, 0.15) is 24.0 Å². The van der Waals surface area contributed by atoms with Crippen LogP contribution in [0.2, 0.25) is 0 Å². The van der Waals surface area contributed by atoms with Gasteiger partial charge in [0.05, 0.1) is 20.8 Å². The monoisotopic (exact) mass is 435 g/mol. The Bertz CT molecular complexity index is 790. The van der Waals surface area contributed by atoms with Crippen molar-refractivity contribution < 1.29 is 33.3 Å². The molecule has 2 aliphatic rings.